The number of allylic oxidation sites excluding steroid dienone is 3. The smallest absolute Gasteiger partial charge is 0.221 e. The zero-order valence-corrected chi connectivity index (χ0v) is 7.71. The van der Waals surface area contributed by atoms with E-state index < -0.39 is 0 Å². The van der Waals surface area contributed by atoms with Crippen LogP contribution in [-0.4, -0.2) is 12.5 Å². The molecule has 1 amide bonds. The van der Waals surface area contributed by atoms with E-state index in [0.717, 1.165) is 17.7 Å². The highest BCUT2D eigenvalue weighted by molar-refractivity contribution is 5.75. The Morgan fingerprint density at radius 2 is 2.31 bits per heavy atom. The van der Waals surface area contributed by atoms with Crippen molar-refractivity contribution in [3.05, 3.63) is 35.6 Å². The van der Waals surface area contributed by atoms with Gasteiger partial charge in [0.25, 0.3) is 0 Å². The Hall–Kier alpha value is -1.35. The summed E-state index contributed by atoms with van der Waals surface area (Å²) in [5.41, 5.74) is 7.42. The van der Waals surface area contributed by atoms with Gasteiger partial charge in [0.15, 0.2) is 0 Å². The van der Waals surface area contributed by atoms with E-state index in [1.807, 2.05) is 24.3 Å². The number of hydrogen-bond acceptors (Lipinski definition) is 2. The van der Waals surface area contributed by atoms with E-state index in [1.165, 1.54) is 6.92 Å². The molecule has 0 atom stereocenters. The molecule has 1 rings (SSSR count). The van der Waals surface area contributed by atoms with Crippen LogP contribution in [0, 0.1) is 0 Å². The first-order valence-electron chi connectivity index (χ1n) is 4.27. The molecule has 13 heavy (non-hydrogen) atoms. The number of amides is 1. The average molecular weight is 178 g/mol. The summed E-state index contributed by atoms with van der Waals surface area (Å²) < 4.78 is 0. The molecular formula is C10H14N2O. The van der Waals surface area contributed by atoms with Crippen LogP contribution in [0.2, 0.25) is 0 Å². The molecule has 70 valence electrons. The van der Waals surface area contributed by atoms with E-state index in [-0.39, 0.29) is 5.91 Å². The topological polar surface area (TPSA) is 55.1 Å². The molecule has 0 spiro atoms. The van der Waals surface area contributed by atoms with Crippen LogP contribution in [0.4, 0.5) is 0 Å². The minimum absolute atomic E-state index is 0.0490. The second kappa shape index (κ2) is 4.62. The highest BCUT2D eigenvalue weighted by atomic mass is 16.1. The van der Waals surface area contributed by atoms with Crippen molar-refractivity contribution in [2.45, 2.75) is 13.3 Å². The van der Waals surface area contributed by atoms with Crippen molar-refractivity contribution in [3.8, 4) is 0 Å². The Balaban J connectivity index is 2.63. The molecule has 0 radical (unpaired) electrons. The Morgan fingerprint density at radius 3 is 2.92 bits per heavy atom. The number of carbonyl (C=O) groups excluding carboxylic acids is 1. The Labute approximate surface area is 78.0 Å². The highest BCUT2D eigenvalue weighted by Crippen LogP contribution is 2.07. The van der Waals surface area contributed by atoms with E-state index in [4.69, 9.17) is 5.73 Å². The quantitative estimate of drug-likeness (QED) is 0.658. The fraction of sp³-hybridized carbons (Fsp3) is 0.300. The van der Waals surface area contributed by atoms with Gasteiger partial charge in [-0.25, -0.2) is 0 Å². The standard InChI is InChI=1S/C10H14N2O/c1-8(13)12-10-4-2-3-9(7-11)5-6-10/h3-6H,2,7,11H2,1H3,(H,12,13). The predicted octanol–water partition coefficient (Wildman–Crippen LogP) is 0.851. The van der Waals surface area contributed by atoms with Crippen molar-refractivity contribution in [1.82, 2.24) is 5.32 Å². The Bertz CT molecular complexity index is 287. The lowest BCUT2D eigenvalue weighted by Gasteiger charge is -2.00. The fourth-order valence-corrected chi connectivity index (χ4v) is 1.12. The largest absolute Gasteiger partial charge is 0.327 e. The van der Waals surface area contributed by atoms with Crippen LogP contribution in [0.3, 0.4) is 0 Å². The molecule has 3 nitrogen and oxygen atoms in total. The molecule has 0 aromatic rings. The maximum Gasteiger partial charge on any atom is 0.221 e. The van der Waals surface area contributed by atoms with Crippen LogP contribution >= 0.6 is 0 Å². The molecule has 0 saturated heterocycles. The van der Waals surface area contributed by atoms with E-state index >= 15 is 0 Å². The minimum atomic E-state index is -0.0490. The van der Waals surface area contributed by atoms with Gasteiger partial charge < -0.3 is 11.1 Å². The monoisotopic (exact) mass is 178 g/mol. The second-order valence-corrected chi connectivity index (χ2v) is 2.89. The van der Waals surface area contributed by atoms with Crippen molar-refractivity contribution in [3.63, 3.8) is 0 Å². The lowest BCUT2D eigenvalue weighted by molar-refractivity contribution is -0.118. The van der Waals surface area contributed by atoms with Crippen LogP contribution in [-0.2, 0) is 4.79 Å². The molecule has 0 bridgehead atoms. The molecule has 0 heterocycles. The van der Waals surface area contributed by atoms with Crippen LogP contribution in [0.5, 0.6) is 0 Å². The van der Waals surface area contributed by atoms with Gasteiger partial charge in [0, 0.05) is 19.2 Å². The van der Waals surface area contributed by atoms with Crippen LogP contribution < -0.4 is 11.1 Å². The molecule has 3 N–H and O–H groups in total. The molecule has 3 heteroatoms. The zero-order chi connectivity index (χ0) is 9.68. The number of rotatable bonds is 2. The summed E-state index contributed by atoms with van der Waals surface area (Å²) in [5.74, 6) is -0.0490. The molecule has 0 saturated carbocycles. The summed E-state index contributed by atoms with van der Waals surface area (Å²) in [4.78, 5) is 10.7. The van der Waals surface area contributed by atoms with Gasteiger partial charge in [-0.3, -0.25) is 4.79 Å². The van der Waals surface area contributed by atoms with Crippen LogP contribution in [0.1, 0.15) is 13.3 Å². The summed E-state index contributed by atoms with van der Waals surface area (Å²) in [6.07, 6.45) is 8.61. The van der Waals surface area contributed by atoms with Gasteiger partial charge >= 0.3 is 0 Å². The lowest BCUT2D eigenvalue weighted by Crippen LogP contribution is -2.17. The second-order valence-electron chi connectivity index (χ2n) is 2.89. The number of nitrogens with one attached hydrogen (secondary N) is 1. The number of hydrogen-bond donors (Lipinski definition) is 2. The first-order valence-corrected chi connectivity index (χ1v) is 4.27. The summed E-state index contributed by atoms with van der Waals surface area (Å²) in [7, 11) is 0. The van der Waals surface area contributed by atoms with Crippen molar-refractivity contribution >= 4 is 5.91 Å². The molecule has 0 aromatic carbocycles. The first kappa shape index (κ1) is 9.74. The van der Waals surface area contributed by atoms with Gasteiger partial charge in [0.05, 0.1) is 0 Å². The van der Waals surface area contributed by atoms with Crippen LogP contribution in [0.15, 0.2) is 35.6 Å². The highest BCUT2D eigenvalue weighted by Gasteiger charge is 1.98. The van der Waals surface area contributed by atoms with Crippen molar-refractivity contribution in [2.24, 2.45) is 5.73 Å². The van der Waals surface area contributed by atoms with Gasteiger partial charge in [-0.2, -0.15) is 0 Å². The third kappa shape index (κ3) is 3.25. The van der Waals surface area contributed by atoms with Crippen molar-refractivity contribution < 1.29 is 4.79 Å². The molecule has 0 aromatic heterocycles. The predicted molar refractivity (Wildman–Crippen MR) is 52.8 cm³/mol. The van der Waals surface area contributed by atoms with E-state index in [9.17, 15) is 4.79 Å². The summed E-state index contributed by atoms with van der Waals surface area (Å²) in [6.45, 7) is 2.04. The normalized spacial score (nSPS) is 15.8. The van der Waals surface area contributed by atoms with E-state index in [0.29, 0.717) is 6.54 Å². The third-order valence-electron chi connectivity index (χ3n) is 1.75. The SMILES string of the molecule is CC(=O)NC1=CCC=C(CN)C=C1. The van der Waals surface area contributed by atoms with Crippen LogP contribution in [0.25, 0.3) is 0 Å². The average Bonchev–Trinajstić information content (AvgIpc) is 2.29. The van der Waals surface area contributed by atoms with Gasteiger partial charge in [0.1, 0.15) is 0 Å². The third-order valence-corrected chi connectivity index (χ3v) is 1.75. The van der Waals surface area contributed by atoms with E-state index in [1.54, 1.807) is 0 Å². The molecule has 1 aliphatic rings. The molecule has 0 unspecified atom stereocenters. The summed E-state index contributed by atoms with van der Waals surface area (Å²) in [5, 5.41) is 2.73. The molecule has 0 fully saturated rings. The molecule has 0 aliphatic heterocycles. The Morgan fingerprint density at radius 1 is 1.54 bits per heavy atom. The minimum Gasteiger partial charge on any atom is -0.327 e. The van der Waals surface area contributed by atoms with Gasteiger partial charge in [-0.15, -0.1) is 0 Å². The Kier molecular flexibility index (Phi) is 3.46. The van der Waals surface area contributed by atoms with Crippen molar-refractivity contribution in [1.29, 1.82) is 0 Å². The lowest BCUT2D eigenvalue weighted by atomic mass is 10.2. The molecule has 1 aliphatic carbocycles. The summed E-state index contributed by atoms with van der Waals surface area (Å²) >= 11 is 0. The fourth-order valence-electron chi connectivity index (χ4n) is 1.12. The summed E-state index contributed by atoms with van der Waals surface area (Å²) in [6, 6.07) is 0. The number of nitrogens with two attached hydrogens (primary N) is 1. The van der Waals surface area contributed by atoms with Gasteiger partial charge in [-0.1, -0.05) is 18.2 Å². The number of carbonyl (C=O) groups is 1. The van der Waals surface area contributed by atoms with Crippen molar-refractivity contribution in [2.75, 3.05) is 6.54 Å². The maximum atomic E-state index is 10.7. The first-order chi connectivity index (χ1) is 6.22. The molecular weight excluding hydrogens is 164 g/mol. The van der Waals surface area contributed by atoms with Gasteiger partial charge in [0.2, 0.25) is 5.91 Å². The maximum absolute atomic E-state index is 10.7. The van der Waals surface area contributed by atoms with Gasteiger partial charge in [-0.05, 0) is 18.1 Å². The zero-order valence-electron chi connectivity index (χ0n) is 7.71. The van der Waals surface area contributed by atoms with E-state index in [2.05, 4.69) is 5.32 Å².